The molecular formula is C13H10ClF2NO. The lowest BCUT2D eigenvalue weighted by atomic mass is 10.2. The third-order valence-corrected chi connectivity index (χ3v) is 2.68. The van der Waals surface area contributed by atoms with Gasteiger partial charge in [0, 0.05) is 11.6 Å². The van der Waals surface area contributed by atoms with E-state index in [4.69, 9.17) is 22.1 Å². The van der Waals surface area contributed by atoms with E-state index in [1.807, 2.05) is 0 Å². The lowest BCUT2D eigenvalue weighted by molar-refractivity contribution is 0.300. The maximum Gasteiger partial charge on any atom is 0.148 e. The average molecular weight is 270 g/mol. The Bertz CT molecular complexity index is 573. The Morgan fingerprint density at radius 3 is 2.72 bits per heavy atom. The molecule has 2 aromatic rings. The van der Waals surface area contributed by atoms with Crippen LogP contribution in [0.2, 0.25) is 5.02 Å². The van der Waals surface area contributed by atoms with E-state index in [1.54, 1.807) is 6.07 Å². The average Bonchev–Trinajstić information content (AvgIpc) is 2.35. The fourth-order valence-corrected chi connectivity index (χ4v) is 1.64. The Morgan fingerprint density at radius 1 is 1.17 bits per heavy atom. The van der Waals surface area contributed by atoms with Crippen LogP contribution in [0.4, 0.5) is 14.5 Å². The Hall–Kier alpha value is -1.81. The third kappa shape index (κ3) is 2.71. The molecular weight excluding hydrogens is 260 g/mol. The minimum atomic E-state index is -0.547. The second-order valence-corrected chi connectivity index (χ2v) is 4.09. The molecule has 18 heavy (non-hydrogen) atoms. The zero-order valence-electron chi connectivity index (χ0n) is 9.29. The molecule has 2 rings (SSSR count). The normalized spacial score (nSPS) is 10.4. The number of hydrogen-bond donors (Lipinski definition) is 1. The lowest BCUT2D eigenvalue weighted by Crippen LogP contribution is -2.01. The van der Waals surface area contributed by atoms with Gasteiger partial charge in [-0.3, -0.25) is 0 Å². The molecule has 2 aromatic carbocycles. The summed E-state index contributed by atoms with van der Waals surface area (Å²) < 4.78 is 31.8. The van der Waals surface area contributed by atoms with E-state index in [9.17, 15) is 8.78 Å². The van der Waals surface area contributed by atoms with Gasteiger partial charge in [-0.2, -0.15) is 0 Å². The molecule has 0 aliphatic rings. The van der Waals surface area contributed by atoms with Crippen LogP contribution in [0.5, 0.6) is 5.75 Å². The molecule has 0 unspecified atom stereocenters. The van der Waals surface area contributed by atoms with Gasteiger partial charge in [-0.1, -0.05) is 23.7 Å². The highest BCUT2D eigenvalue weighted by Crippen LogP contribution is 2.24. The van der Waals surface area contributed by atoms with Crippen LogP contribution in [0.1, 0.15) is 5.56 Å². The van der Waals surface area contributed by atoms with Crippen LogP contribution < -0.4 is 10.5 Å². The van der Waals surface area contributed by atoms with E-state index in [-0.39, 0.29) is 22.9 Å². The van der Waals surface area contributed by atoms with Gasteiger partial charge < -0.3 is 10.5 Å². The number of hydrogen-bond acceptors (Lipinski definition) is 2. The first-order valence-corrected chi connectivity index (χ1v) is 5.56. The van der Waals surface area contributed by atoms with Crippen molar-refractivity contribution in [3.8, 4) is 5.75 Å². The predicted octanol–water partition coefficient (Wildman–Crippen LogP) is 3.78. The molecule has 94 valence electrons. The van der Waals surface area contributed by atoms with Crippen molar-refractivity contribution in [2.24, 2.45) is 0 Å². The van der Waals surface area contributed by atoms with Crippen molar-refractivity contribution in [3.63, 3.8) is 0 Å². The van der Waals surface area contributed by atoms with E-state index in [1.165, 1.54) is 24.3 Å². The predicted molar refractivity (Wildman–Crippen MR) is 66.6 cm³/mol. The van der Waals surface area contributed by atoms with Crippen molar-refractivity contribution >= 4 is 17.3 Å². The van der Waals surface area contributed by atoms with E-state index in [0.717, 1.165) is 6.07 Å². The molecule has 0 atom stereocenters. The van der Waals surface area contributed by atoms with Crippen molar-refractivity contribution in [1.82, 2.24) is 0 Å². The molecule has 2 nitrogen and oxygen atoms in total. The van der Waals surface area contributed by atoms with Crippen molar-refractivity contribution in [2.45, 2.75) is 6.61 Å². The summed E-state index contributed by atoms with van der Waals surface area (Å²) in [5.74, 6) is -0.839. The van der Waals surface area contributed by atoms with Crippen molar-refractivity contribution in [2.75, 3.05) is 5.73 Å². The van der Waals surface area contributed by atoms with Gasteiger partial charge in [-0.05, 0) is 18.2 Å². The van der Waals surface area contributed by atoms with E-state index >= 15 is 0 Å². The van der Waals surface area contributed by atoms with Crippen LogP contribution in [0, 0.1) is 11.6 Å². The number of halogens is 3. The SMILES string of the molecule is Nc1ccc(F)cc1OCc1cccc(Cl)c1F. The number of rotatable bonds is 3. The van der Waals surface area contributed by atoms with Gasteiger partial charge in [0.1, 0.15) is 24.0 Å². The molecule has 0 amide bonds. The first-order chi connectivity index (χ1) is 8.58. The minimum Gasteiger partial charge on any atom is -0.487 e. The fourth-order valence-electron chi connectivity index (χ4n) is 1.45. The first-order valence-electron chi connectivity index (χ1n) is 5.18. The Labute approximate surface area is 108 Å². The van der Waals surface area contributed by atoms with E-state index < -0.39 is 11.6 Å². The summed E-state index contributed by atoms with van der Waals surface area (Å²) >= 11 is 5.64. The van der Waals surface area contributed by atoms with Gasteiger partial charge in [0.2, 0.25) is 0 Å². The molecule has 5 heteroatoms. The minimum absolute atomic E-state index is 0.0170. The molecule has 0 heterocycles. The van der Waals surface area contributed by atoms with Crippen molar-refractivity contribution in [3.05, 3.63) is 58.6 Å². The number of anilines is 1. The third-order valence-electron chi connectivity index (χ3n) is 2.39. The molecule has 0 saturated heterocycles. The highest BCUT2D eigenvalue weighted by molar-refractivity contribution is 6.30. The van der Waals surface area contributed by atoms with Crippen LogP contribution in [0.25, 0.3) is 0 Å². The highest BCUT2D eigenvalue weighted by atomic mass is 35.5. The van der Waals surface area contributed by atoms with Crippen LogP contribution in [0.15, 0.2) is 36.4 Å². The topological polar surface area (TPSA) is 35.2 Å². The van der Waals surface area contributed by atoms with Crippen LogP contribution in [-0.2, 0) is 6.61 Å². The molecule has 0 aliphatic heterocycles. The smallest absolute Gasteiger partial charge is 0.148 e. The largest absolute Gasteiger partial charge is 0.487 e. The summed E-state index contributed by atoms with van der Waals surface area (Å²) in [5, 5.41) is 0.0170. The second kappa shape index (κ2) is 5.23. The Kier molecular flexibility index (Phi) is 3.67. The number of benzene rings is 2. The molecule has 0 aromatic heterocycles. The van der Waals surface area contributed by atoms with Crippen LogP contribution >= 0.6 is 11.6 Å². The maximum atomic E-state index is 13.6. The fraction of sp³-hybridized carbons (Fsp3) is 0.0769. The summed E-state index contributed by atoms with van der Waals surface area (Å²) in [6.45, 7) is -0.0694. The maximum absolute atomic E-state index is 13.6. The van der Waals surface area contributed by atoms with Crippen LogP contribution in [0.3, 0.4) is 0 Å². The van der Waals surface area contributed by atoms with Gasteiger partial charge in [0.25, 0.3) is 0 Å². The quantitative estimate of drug-likeness (QED) is 0.861. The molecule has 2 N–H and O–H groups in total. The van der Waals surface area contributed by atoms with Crippen LogP contribution in [-0.4, -0.2) is 0 Å². The van der Waals surface area contributed by atoms with Gasteiger partial charge in [-0.15, -0.1) is 0 Å². The number of nitrogen functional groups attached to an aromatic ring is 1. The Morgan fingerprint density at radius 2 is 1.94 bits per heavy atom. The van der Waals surface area contributed by atoms with Gasteiger partial charge in [0.05, 0.1) is 10.7 Å². The molecule has 0 radical (unpaired) electrons. The number of ether oxygens (including phenoxy) is 1. The van der Waals surface area contributed by atoms with Crippen molar-refractivity contribution < 1.29 is 13.5 Å². The zero-order chi connectivity index (χ0) is 13.1. The van der Waals surface area contributed by atoms with Gasteiger partial charge in [0.15, 0.2) is 0 Å². The molecule has 0 aliphatic carbocycles. The molecule has 0 fully saturated rings. The lowest BCUT2D eigenvalue weighted by Gasteiger charge is -2.10. The first kappa shape index (κ1) is 12.6. The summed E-state index contributed by atoms with van der Waals surface area (Å²) in [6.07, 6.45) is 0. The molecule has 0 spiro atoms. The molecule has 0 saturated carbocycles. The highest BCUT2D eigenvalue weighted by Gasteiger charge is 2.08. The Balaban J connectivity index is 2.16. The standard InChI is InChI=1S/C13H10ClF2NO/c14-10-3-1-2-8(13(10)16)7-18-12-6-9(15)4-5-11(12)17/h1-6H,7,17H2. The monoisotopic (exact) mass is 269 g/mol. The summed E-state index contributed by atoms with van der Waals surface area (Å²) in [4.78, 5) is 0. The van der Waals surface area contributed by atoms with Gasteiger partial charge >= 0.3 is 0 Å². The second-order valence-electron chi connectivity index (χ2n) is 3.68. The van der Waals surface area contributed by atoms with E-state index in [2.05, 4.69) is 0 Å². The summed E-state index contributed by atoms with van der Waals surface area (Å²) in [7, 11) is 0. The van der Waals surface area contributed by atoms with Gasteiger partial charge in [-0.25, -0.2) is 8.78 Å². The number of nitrogens with two attached hydrogens (primary N) is 1. The molecule has 0 bridgehead atoms. The summed E-state index contributed by atoms with van der Waals surface area (Å²) in [6, 6.07) is 8.35. The summed E-state index contributed by atoms with van der Waals surface area (Å²) in [5.41, 5.74) is 6.18. The van der Waals surface area contributed by atoms with Crippen molar-refractivity contribution in [1.29, 1.82) is 0 Å². The zero-order valence-corrected chi connectivity index (χ0v) is 10.0. The van der Waals surface area contributed by atoms with E-state index in [0.29, 0.717) is 5.69 Å².